The van der Waals surface area contributed by atoms with Crippen molar-refractivity contribution < 1.29 is 9.59 Å². The van der Waals surface area contributed by atoms with Gasteiger partial charge in [-0.2, -0.15) is 0 Å². The van der Waals surface area contributed by atoms with Crippen LogP contribution >= 0.6 is 11.8 Å². The predicted molar refractivity (Wildman–Crippen MR) is 105 cm³/mol. The maximum absolute atomic E-state index is 12.6. The zero-order valence-corrected chi connectivity index (χ0v) is 16.0. The number of thioether (sulfide) groups is 1. The van der Waals surface area contributed by atoms with Gasteiger partial charge in [0.1, 0.15) is 0 Å². The third-order valence-electron chi connectivity index (χ3n) is 4.22. The van der Waals surface area contributed by atoms with E-state index >= 15 is 0 Å². The molecule has 1 saturated heterocycles. The summed E-state index contributed by atoms with van der Waals surface area (Å²) in [6.07, 6.45) is 3.73. The minimum absolute atomic E-state index is 0.0104. The molecule has 1 aliphatic heterocycles. The van der Waals surface area contributed by atoms with Crippen LogP contribution in [-0.4, -0.2) is 46.0 Å². The lowest BCUT2D eigenvalue weighted by Crippen LogP contribution is -2.27. The molecule has 146 valence electrons. The van der Waals surface area contributed by atoms with E-state index in [1.807, 2.05) is 0 Å². The molecule has 0 saturated carbocycles. The molecule has 2 amide bonds. The summed E-state index contributed by atoms with van der Waals surface area (Å²) >= 11 is 1.21. The molecule has 1 aliphatic rings. The Bertz CT molecular complexity index is 983. The average Bonchev–Trinajstić information content (AvgIpc) is 3.22. The number of hydrogen-bond acceptors (Lipinski definition) is 7. The number of nitrogens with one attached hydrogen (secondary N) is 2. The molecule has 0 atom stereocenters. The predicted octanol–water partition coefficient (Wildman–Crippen LogP) is 1.94. The van der Waals surface area contributed by atoms with Crippen LogP contribution in [-0.2, 0) is 0 Å². The number of aromatic nitrogens is 2. The molecule has 2 heterocycles. The van der Waals surface area contributed by atoms with E-state index in [0.717, 1.165) is 25.9 Å². The monoisotopic (exact) mass is 401 g/mol. The van der Waals surface area contributed by atoms with Crippen molar-refractivity contribution in [1.82, 2.24) is 14.9 Å². The van der Waals surface area contributed by atoms with Crippen molar-refractivity contribution in [3.05, 3.63) is 45.7 Å². The largest absolute Gasteiger partial charge is 0.339 e. The summed E-state index contributed by atoms with van der Waals surface area (Å²) in [6, 6.07) is 6.80. The molecule has 4 N–H and O–H groups in total. The first-order valence-corrected chi connectivity index (χ1v) is 9.76. The average molecular weight is 401 g/mol. The quantitative estimate of drug-likeness (QED) is 0.228. The molecular weight excluding hydrogens is 382 g/mol. The van der Waals surface area contributed by atoms with Gasteiger partial charge < -0.3 is 21.0 Å². The molecule has 11 heteroatoms. The second kappa shape index (κ2) is 8.65. The molecule has 0 unspecified atom stereocenters. The number of nitrogens with two attached hydrogens (primary N) is 1. The van der Waals surface area contributed by atoms with Gasteiger partial charge in [-0.1, -0.05) is 28.2 Å². The normalized spacial score (nSPS) is 13.8. The van der Waals surface area contributed by atoms with Gasteiger partial charge in [0.15, 0.2) is 16.5 Å². The highest BCUT2D eigenvalue weighted by atomic mass is 32.2. The van der Waals surface area contributed by atoms with E-state index in [4.69, 9.17) is 5.84 Å². The van der Waals surface area contributed by atoms with Crippen molar-refractivity contribution in [3.63, 3.8) is 0 Å². The van der Waals surface area contributed by atoms with Crippen LogP contribution in [0.2, 0.25) is 0 Å². The summed E-state index contributed by atoms with van der Waals surface area (Å²) < 4.78 is 0. The SMILES string of the molecule is CSc1nc(Nc2cccc(C(=O)N3CCCC3)c2)c(C(=O)N=NN)c(=O)[nH]1. The van der Waals surface area contributed by atoms with Crippen molar-refractivity contribution >= 4 is 35.1 Å². The Morgan fingerprint density at radius 1 is 1.32 bits per heavy atom. The van der Waals surface area contributed by atoms with Crippen LogP contribution in [0.3, 0.4) is 0 Å². The van der Waals surface area contributed by atoms with Gasteiger partial charge in [0.2, 0.25) is 0 Å². The molecular formula is C17H19N7O3S. The van der Waals surface area contributed by atoms with Crippen LogP contribution in [0.25, 0.3) is 0 Å². The van der Waals surface area contributed by atoms with Crippen molar-refractivity contribution in [2.45, 2.75) is 18.0 Å². The number of anilines is 2. The summed E-state index contributed by atoms with van der Waals surface area (Å²) in [5.74, 6) is 3.96. The molecule has 0 aliphatic carbocycles. The fourth-order valence-corrected chi connectivity index (χ4v) is 3.29. The van der Waals surface area contributed by atoms with Crippen molar-refractivity contribution in [3.8, 4) is 0 Å². The number of rotatable bonds is 5. The van der Waals surface area contributed by atoms with E-state index in [2.05, 4.69) is 25.6 Å². The minimum Gasteiger partial charge on any atom is -0.339 e. The molecule has 1 aromatic heterocycles. The molecule has 0 radical (unpaired) electrons. The topological polar surface area (TPSA) is 146 Å². The molecule has 0 spiro atoms. The van der Waals surface area contributed by atoms with E-state index in [9.17, 15) is 14.4 Å². The van der Waals surface area contributed by atoms with Crippen LogP contribution in [0.1, 0.15) is 33.6 Å². The van der Waals surface area contributed by atoms with E-state index in [1.165, 1.54) is 11.8 Å². The maximum Gasteiger partial charge on any atom is 0.306 e. The Morgan fingerprint density at radius 3 is 2.75 bits per heavy atom. The molecule has 0 bridgehead atoms. The fourth-order valence-electron chi connectivity index (χ4n) is 2.91. The summed E-state index contributed by atoms with van der Waals surface area (Å²) in [5.41, 5.74) is 0.0390. The van der Waals surface area contributed by atoms with Gasteiger partial charge in [-0.3, -0.25) is 14.4 Å². The zero-order chi connectivity index (χ0) is 20.1. The molecule has 10 nitrogen and oxygen atoms in total. The van der Waals surface area contributed by atoms with Crippen molar-refractivity contribution in [1.29, 1.82) is 0 Å². The van der Waals surface area contributed by atoms with Crippen LogP contribution < -0.4 is 16.7 Å². The highest BCUT2D eigenvalue weighted by Crippen LogP contribution is 2.22. The molecule has 2 aromatic rings. The smallest absolute Gasteiger partial charge is 0.306 e. The van der Waals surface area contributed by atoms with Gasteiger partial charge in [0.25, 0.3) is 11.5 Å². The minimum atomic E-state index is -0.921. The van der Waals surface area contributed by atoms with Crippen molar-refractivity contribution in [2.24, 2.45) is 16.2 Å². The second-order valence-electron chi connectivity index (χ2n) is 6.02. The summed E-state index contributed by atoms with van der Waals surface area (Å²) in [4.78, 5) is 45.5. The first-order valence-electron chi connectivity index (χ1n) is 8.53. The highest BCUT2D eigenvalue weighted by molar-refractivity contribution is 7.98. The molecule has 1 fully saturated rings. The third kappa shape index (κ3) is 4.19. The summed E-state index contributed by atoms with van der Waals surface area (Å²) in [6.45, 7) is 1.48. The molecule has 28 heavy (non-hydrogen) atoms. The lowest BCUT2D eigenvalue weighted by atomic mass is 10.1. The number of hydrogen-bond donors (Lipinski definition) is 3. The van der Waals surface area contributed by atoms with Crippen LogP contribution in [0.5, 0.6) is 0 Å². The zero-order valence-electron chi connectivity index (χ0n) is 15.1. The van der Waals surface area contributed by atoms with Gasteiger partial charge in [-0.25, -0.2) is 4.98 Å². The summed E-state index contributed by atoms with van der Waals surface area (Å²) in [7, 11) is 0. The first kappa shape index (κ1) is 19.5. The maximum atomic E-state index is 12.6. The Hall–Kier alpha value is -3.21. The van der Waals surface area contributed by atoms with Gasteiger partial charge in [0, 0.05) is 24.3 Å². The lowest BCUT2D eigenvalue weighted by molar-refractivity contribution is 0.0792. The van der Waals surface area contributed by atoms with E-state index < -0.39 is 11.5 Å². The second-order valence-corrected chi connectivity index (χ2v) is 6.82. The van der Waals surface area contributed by atoms with Gasteiger partial charge in [-0.05, 0) is 37.3 Å². The summed E-state index contributed by atoms with van der Waals surface area (Å²) in [5, 5.41) is 9.40. The van der Waals surface area contributed by atoms with Crippen LogP contribution in [0.15, 0.2) is 44.6 Å². The van der Waals surface area contributed by atoms with Crippen LogP contribution in [0, 0.1) is 0 Å². The number of carbonyl (C=O) groups excluding carboxylic acids is 2. The number of benzene rings is 1. The Kier molecular flexibility index (Phi) is 6.04. The van der Waals surface area contributed by atoms with Gasteiger partial charge >= 0.3 is 5.91 Å². The van der Waals surface area contributed by atoms with E-state index in [-0.39, 0.29) is 17.3 Å². The number of H-pyrrole nitrogens is 1. The standard InChI is InChI=1S/C17H19N7O3S/c1-28-17-20-13(12(14(25)21-17)15(26)22-23-18)19-11-6-4-5-10(9-11)16(27)24-7-2-3-8-24/h4-6,9H,2-3,7-8H2,1H3,(H2,18,22,26)(H2,19,20,21,25). The van der Waals surface area contributed by atoms with Gasteiger partial charge in [-0.15, -0.1) is 0 Å². The molecule has 3 rings (SSSR count). The highest BCUT2D eigenvalue weighted by Gasteiger charge is 2.21. The number of nitrogens with zero attached hydrogens (tertiary/aromatic N) is 4. The third-order valence-corrected chi connectivity index (χ3v) is 4.80. The van der Waals surface area contributed by atoms with Gasteiger partial charge in [0.05, 0.1) is 0 Å². The lowest BCUT2D eigenvalue weighted by Gasteiger charge is -2.16. The van der Waals surface area contributed by atoms with E-state index in [1.54, 1.807) is 35.4 Å². The Morgan fingerprint density at radius 2 is 2.07 bits per heavy atom. The number of likely N-dealkylation sites (tertiary alicyclic amines) is 1. The Labute approximate surface area is 164 Å². The number of carbonyl (C=O) groups is 2. The number of aromatic amines is 1. The number of amides is 2. The molecule has 1 aromatic carbocycles. The first-order chi connectivity index (χ1) is 13.5. The van der Waals surface area contributed by atoms with Crippen LogP contribution in [0.4, 0.5) is 11.5 Å². The van der Waals surface area contributed by atoms with Crippen molar-refractivity contribution in [2.75, 3.05) is 24.7 Å². The van der Waals surface area contributed by atoms with E-state index in [0.29, 0.717) is 16.4 Å². The fraction of sp³-hybridized carbons (Fsp3) is 0.294. The Balaban J connectivity index is 1.95.